The number of fused-ring (bicyclic) bond motifs is 2. The van der Waals surface area contributed by atoms with Gasteiger partial charge in [-0.05, 0) is 55.1 Å². The largest absolute Gasteiger partial charge is 0.490 e. The van der Waals surface area contributed by atoms with Crippen LogP contribution in [-0.2, 0) is 11.2 Å². The van der Waals surface area contributed by atoms with Crippen molar-refractivity contribution in [3.05, 3.63) is 59.8 Å². The van der Waals surface area contributed by atoms with Crippen LogP contribution in [0.4, 0.5) is 0 Å². The molecular weight excluding hydrogens is 390 g/mol. The maximum Gasteiger partial charge on any atom is 0.234 e. The van der Waals surface area contributed by atoms with Crippen LogP contribution in [0.5, 0.6) is 11.5 Å². The first-order valence-electron chi connectivity index (χ1n) is 11.2. The molecule has 2 aliphatic rings. The summed E-state index contributed by atoms with van der Waals surface area (Å²) in [7, 11) is 0. The third-order valence-corrected chi connectivity index (χ3v) is 6.26. The SMILES string of the molecule is O=C(CN1CCC[C@H]1c1ccc2c(c1)OCCCO2)NCCc1c[nH]c2ccccc12. The van der Waals surface area contributed by atoms with E-state index < -0.39 is 0 Å². The van der Waals surface area contributed by atoms with Crippen molar-refractivity contribution in [2.75, 3.05) is 32.8 Å². The van der Waals surface area contributed by atoms with Crippen molar-refractivity contribution in [1.82, 2.24) is 15.2 Å². The van der Waals surface area contributed by atoms with E-state index in [2.05, 4.69) is 39.5 Å². The number of carbonyl (C=O) groups is 1. The molecule has 5 rings (SSSR count). The molecule has 1 saturated heterocycles. The van der Waals surface area contributed by atoms with Crippen LogP contribution in [0, 0.1) is 0 Å². The molecule has 162 valence electrons. The Kier molecular flexibility index (Phi) is 5.80. The second-order valence-electron chi connectivity index (χ2n) is 8.34. The summed E-state index contributed by atoms with van der Waals surface area (Å²) < 4.78 is 11.6. The summed E-state index contributed by atoms with van der Waals surface area (Å²) in [6, 6.07) is 14.7. The summed E-state index contributed by atoms with van der Waals surface area (Å²) in [5.41, 5.74) is 3.58. The number of nitrogens with zero attached hydrogens (tertiary/aromatic N) is 1. The standard InChI is InChI=1S/C25H29N3O3/c29-25(26-11-10-19-16-27-21-6-2-1-5-20(19)21)17-28-12-3-7-22(28)18-8-9-23-24(15-18)31-14-4-13-30-23/h1-2,5-6,8-9,15-16,22,27H,3-4,7,10-14,17H2,(H,26,29)/t22-/m0/s1. The number of aromatic nitrogens is 1. The molecule has 0 spiro atoms. The summed E-state index contributed by atoms with van der Waals surface area (Å²) in [6.45, 7) is 3.38. The third-order valence-electron chi connectivity index (χ3n) is 6.26. The number of benzene rings is 2. The molecule has 0 aliphatic carbocycles. The molecule has 6 heteroatoms. The molecule has 2 N–H and O–H groups in total. The van der Waals surface area contributed by atoms with Gasteiger partial charge in [0.1, 0.15) is 0 Å². The minimum absolute atomic E-state index is 0.0843. The van der Waals surface area contributed by atoms with Gasteiger partial charge in [-0.1, -0.05) is 24.3 Å². The Hall–Kier alpha value is -2.99. The molecule has 1 fully saturated rings. The molecular formula is C25H29N3O3. The van der Waals surface area contributed by atoms with Crippen molar-refractivity contribution in [1.29, 1.82) is 0 Å². The van der Waals surface area contributed by atoms with Gasteiger partial charge in [-0.15, -0.1) is 0 Å². The van der Waals surface area contributed by atoms with Crippen molar-refractivity contribution < 1.29 is 14.3 Å². The highest BCUT2D eigenvalue weighted by Gasteiger charge is 2.28. The average Bonchev–Trinajstić information content (AvgIpc) is 3.34. The van der Waals surface area contributed by atoms with Gasteiger partial charge < -0.3 is 19.8 Å². The van der Waals surface area contributed by atoms with E-state index >= 15 is 0 Å². The third kappa shape index (κ3) is 4.39. The van der Waals surface area contributed by atoms with Gasteiger partial charge in [-0.3, -0.25) is 9.69 Å². The van der Waals surface area contributed by atoms with Gasteiger partial charge in [0.25, 0.3) is 0 Å². The fourth-order valence-corrected chi connectivity index (χ4v) is 4.70. The molecule has 2 aromatic carbocycles. The quantitative estimate of drug-likeness (QED) is 0.637. The topological polar surface area (TPSA) is 66.6 Å². The number of likely N-dealkylation sites (tertiary alicyclic amines) is 1. The lowest BCUT2D eigenvalue weighted by Gasteiger charge is -2.25. The predicted octanol–water partition coefficient (Wildman–Crippen LogP) is 3.83. The molecule has 0 saturated carbocycles. The molecule has 6 nitrogen and oxygen atoms in total. The van der Waals surface area contributed by atoms with Crippen LogP contribution in [0.3, 0.4) is 0 Å². The first-order chi connectivity index (χ1) is 15.3. The summed E-state index contributed by atoms with van der Waals surface area (Å²) in [5, 5.41) is 4.33. The van der Waals surface area contributed by atoms with E-state index in [1.54, 1.807) is 0 Å². The van der Waals surface area contributed by atoms with Gasteiger partial charge in [0.05, 0.1) is 19.8 Å². The van der Waals surface area contributed by atoms with Gasteiger partial charge in [-0.25, -0.2) is 0 Å². The number of carbonyl (C=O) groups excluding carboxylic acids is 1. The minimum Gasteiger partial charge on any atom is -0.490 e. The Labute approximate surface area is 182 Å². The number of nitrogens with one attached hydrogen (secondary N) is 2. The summed E-state index contributed by atoms with van der Waals surface area (Å²) in [6.07, 6.45) is 5.92. The van der Waals surface area contributed by atoms with Crippen LogP contribution >= 0.6 is 0 Å². The van der Waals surface area contributed by atoms with Crippen LogP contribution < -0.4 is 14.8 Å². The van der Waals surface area contributed by atoms with Crippen molar-refractivity contribution in [2.24, 2.45) is 0 Å². The Balaban J connectivity index is 1.17. The van der Waals surface area contributed by atoms with Crippen LogP contribution in [0.25, 0.3) is 10.9 Å². The van der Waals surface area contributed by atoms with Crippen molar-refractivity contribution in [2.45, 2.75) is 31.7 Å². The first kappa shape index (κ1) is 19.9. The summed E-state index contributed by atoms with van der Waals surface area (Å²) in [5.74, 6) is 1.73. The molecule has 0 radical (unpaired) electrons. The molecule has 3 aromatic rings. The number of amides is 1. The number of para-hydroxylation sites is 1. The Morgan fingerprint density at radius 1 is 1.10 bits per heavy atom. The van der Waals surface area contributed by atoms with E-state index in [-0.39, 0.29) is 11.9 Å². The Morgan fingerprint density at radius 3 is 2.90 bits per heavy atom. The fourth-order valence-electron chi connectivity index (χ4n) is 4.70. The minimum atomic E-state index is 0.0843. The monoisotopic (exact) mass is 419 g/mol. The number of H-pyrrole nitrogens is 1. The van der Waals surface area contributed by atoms with Crippen LogP contribution in [0.15, 0.2) is 48.7 Å². The molecule has 0 unspecified atom stereocenters. The molecule has 1 aromatic heterocycles. The molecule has 3 heterocycles. The number of hydrogen-bond donors (Lipinski definition) is 2. The smallest absolute Gasteiger partial charge is 0.234 e. The van der Waals surface area contributed by atoms with E-state index in [0.717, 1.165) is 49.2 Å². The van der Waals surface area contributed by atoms with Crippen LogP contribution in [-0.4, -0.2) is 48.6 Å². The first-order valence-corrected chi connectivity index (χ1v) is 11.2. The molecule has 0 bridgehead atoms. The summed E-state index contributed by atoms with van der Waals surface area (Å²) in [4.78, 5) is 18.2. The molecule has 31 heavy (non-hydrogen) atoms. The van der Waals surface area contributed by atoms with Gasteiger partial charge in [0, 0.05) is 36.1 Å². The average molecular weight is 420 g/mol. The van der Waals surface area contributed by atoms with E-state index in [1.807, 2.05) is 24.4 Å². The fraction of sp³-hybridized carbons (Fsp3) is 0.400. The predicted molar refractivity (Wildman–Crippen MR) is 121 cm³/mol. The zero-order chi connectivity index (χ0) is 21.0. The van der Waals surface area contributed by atoms with Crippen molar-refractivity contribution >= 4 is 16.8 Å². The lowest BCUT2D eigenvalue weighted by Crippen LogP contribution is -2.37. The van der Waals surface area contributed by atoms with Gasteiger partial charge in [-0.2, -0.15) is 0 Å². The highest BCUT2D eigenvalue weighted by molar-refractivity contribution is 5.83. The highest BCUT2D eigenvalue weighted by atomic mass is 16.5. The zero-order valence-electron chi connectivity index (χ0n) is 17.7. The second kappa shape index (κ2) is 9.02. The number of ether oxygens (including phenoxy) is 2. The van der Waals surface area contributed by atoms with Gasteiger partial charge in [0.2, 0.25) is 5.91 Å². The number of aromatic amines is 1. The van der Waals surface area contributed by atoms with Crippen LogP contribution in [0.1, 0.15) is 36.4 Å². The lowest BCUT2D eigenvalue weighted by molar-refractivity contribution is -0.122. The van der Waals surface area contributed by atoms with Crippen molar-refractivity contribution in [3.63, 3.8) is 0 Å². The molecule has 1 amide bonds. The van der Waals surface area contributed by atoms with Crippen LogP contribution in [0.2, 0.25) is 0 Å². The summed E-state index contributed by atoms with van der Waals surface area (Å²) >= 11 is 0. The van der Waals surface area contributed by atoms with E-state index in [1.165, 1.54) is 16.5 Å². The normalized spacial score (nSPS) is 18.8. The lowest BCUT2D eigenvalue weighted by atomic mass is 10.0. The molecule has 1 atom stereocenters. The maximum absolute atomic E-state index is 12.6. The molecule has 2 aliphatic heterocycles. The van der Waals surface area contributed by atoms with E-state index in [4.69, 9.17) is 9.47 Å². The Morgan fingerprint density at radius 2 is 1.97 bits per heavy atom. The highest BCUT2D eigenvalue weighted by Crippen LogP contribution is 2.37. The van der Waals surface area contributed by atoms with E-state index in [9.17, 15) is 4.79 Å². The Bertz CT molecular complexity index is 1060. The zero-order valence-corrected chi connectivity index (χ0v) is 17.7. The van der Waals surface area contributed by atoms with Gasteiger partial charge in [0.15, 0.2) is 11.5 Å². The number of hydrogen-bond acceptors (Lipinski definition) is 4. The van der Waals surface area contributed by atoms with E-state index in [0.29, 0.717) is 26.3 Å². The number of rotatable bonds is 6. The maximum atomic E-state index is 12.6. The van der Waals surface area contributed by atoms with Crippen molar-refractivity contribution in [3.8, 4) is 11.5 Å². The van der Waals surface area contributed by atoms with Gasteiger partial charge >= 0.3 is 0 Å². The second-order valence-corrected chi connectivity index (χ2v) is 8.34.